The lowest BCUT2D eigenvalue weighted by Gasteiger charge is -2.07. The van der Waals surface area contributed by atoms with Crippen LogP contribution in [0.2, 0.25) is 0 Å². The lowest BCUT2D eigenvalue weighted by Crippen LogP contribution is -2.10. The number of benzene rings is 1. The molecule has 0 bridgehead atoms. The van der Waals surface area contributed by atoms with Crippen LogP contribution in [-0.2, 0) is 9.53 Å². The Morgan fingerprint density at radius 2 is 2.05 bits per heavy atom. The summed E-state index contributed by atoms with van der Waals surface area (Å²) in [5, 5.41) is 4.11. The van der Waals surface area contributed by atoms with Crippen molar-refractivity contribution in [1.29, 1.82) is 0 Å². The first-order chi connectivity index (χ1) is 9.92. The van der Waals surface area contributed by atoms with Crippen LogP contribution in [0.3, 0.4) is 0 Å². The monoisotopic (exact) mass is 358 g/mol. The van der Waals surface area contributed by atoms with E-state index in [1.165, 1.54) is 30.1 Å². The van der Waals surface area contributed by atoms with E-state index in [1.807, 2.05) is 0 Å². The SMILES string of the molecule is COC(=O)C(C)c1cnn(-c2cc(Br)cc(C(F)F)c2)c1. The van der Waals surface area contributed by atoms with Crippen molar-refractivity contribution >= 4 is 21.9 Å². The van der Waals surface area contributed by atoms with Gasteiger partial charge in [0.2, 0.25) is 0 Å². The van der Waals surface area contributed by atoms with Crippen molar-refractivity contribution < 1.29 is 18.3 Å². The van der Waals surface area contributed by atoms with Crippen LogP contribution in [0, 0.1) is 0 Å². The molecule has 112 valence electrons. The van der Waals surface area contributed by atoms with E-state index < -0.39 is 12.3 Å². The average Bonchev–Trinajstić information content (AvgIpc) is 2.94. The zero-order valence-electron chi connectivity index (χ0n) is 11.4. The van der Waals surface area contributed by atoms with Gasteiger partial charge in [0.25, 0.3) is 6.43 Å². The van der Waals surface area contributed by atoms with E-state index >= 15 is 0 Å². The number of aromatic nitrogens is 2. The summed E-state index contributed by atoms with van der Waals surface area (Å²) in [5.41, 5.74) is 1.04. The summed E-state index contributed by atoms with van der Waals surface area (Å²) >= 11 is 3.20. The number of hydrogen-bond donors (Lipinski definition) is 0. The molecule has 0 aliphatic carbocycles. The molecule has 0 N–H and O–H groups in total. The predicted octanol–water partition coefficient (Wildman–Crippen LogP) is 3.85. The van der Waals surface area contributed by atoms with E-state index in [4.69, 9.17) is 0 Å². The molecule has 2 rings (SSSR count). The van der Waals surface area contributed by atoms with Gasteiger partial charge in [-0.15, -0.1) is 0 Å². The van der Waals surface area contributed by atoms with Gasteiger partial charge >= 0.3 is 5.97 Å². The number of methoxy groups -OCH3 is 1. The van der Waals surface area contributed by atoms with Crippen LogP contribution in [-0.4, -0.2) is 22.9 Å². The molecule has 0 saturated carbocycles. The molecule has 1 heterocycles. The fraction of sp³-hybridized carbons (Fsp3) is 0.286. The van der Waals surface area contributed by atoms with Gasteiger partial charge < -0.3 is 4.74 Å². The number of carbonyl (C=O) groups is 1. The second-order valence-corrected chi connectivity index (χ2v) is 5.42. The molecule has 0 aliphatic heterocycles. The molecular formula is C14H13BrF2N2O2. The first kappa shape index (κ1) is 15.6. The summed E-state index contributed by atoms with van der Waals surface area (Å²) in [6, 6.07) is 4.39. The smallest absolute Gasteiger partial charge is 0.312 e. The van der Waals surface area contributed by atoms with Crippen molar-refractivity contribution in [3.63, 3.8) is 0 Å². The van der Waals surface area contributed by atoms with Crippen LogP contribution in [0.1, 0.15) is 30.4 Å². The molecule has 7 heteroatoms. The molecule has 0 radical (unpaired) electrons. The molecule has 0 fully saturated rings. The van der Waals surface area contributed by atoms with Crippen LogP contribution in [0.4, 0.5) is 8.78 Å². The van der Waals surface area contributed by atoms with Crippen LogP contribution in [0.15, 0.2) is 35.1 Å². The first-order valence-corrected chi connectivity index (χ1v) is 6.93. The molecular weight excluding hydrogens is 346 g/mol. The lowest BCUT2D eigenvalue weighted by atomic mass is 10.1. The Labute approximate surface area is 128 Å². The fourth-order valence-electron chi connectivity index (χ4n) is 1.87. The minimum atomic E-state index is -2.56. The molecule has 21 heavy (non-hydrogen) atoms. The molecule has 1 aromatic heterocycles. The molecule has 2 aromatic rings. The normalized spacial score (nSPS) is 12.5. The third-order valence-electron chi connectivity index (χ3n) is 3.08. The predicted molar refractivity (Wildman–Crippen MR) is 76.7 cm³/mol. The van der Waals surface area contributed by atoms with E-state index in [-0.39, 0.29) is 11.5 Å². The Morgan fingerprint density at radius 3 is 2.67 bits per heavy atom. The van der Waals surface area contributed by atoms with Crippen molar-refractivity contribution in [3.05, 3.63) is 46.2 Å². The second-order valence-electron chi connectivity index (χ2n) is 4.51. The highest BCUT2D eigenvalue weighted by molar-refractivity contribution is 9.10. The molecule has 1 atom stereocenters. The third kappa shape index (κ3) is 3.47. The number of hydrogen-bond acceptors (Lipinski definition) is 3. The van der Waals surface area contributed by atoms with Crippen LogP contribution in [0.5, 0.6) is 0 Å². The van der Waals surface area contributed by atoms with E-state index in [1.54, 1.807) is 19.2 Å². The van der Waals surface area contributed by atoms with Gasteiger partial charge in [-0.05, 0) is 25.1 Å². The minimum absolute atomic E-state index is 0.0996. The number of esters is 1. The number of rotatable bonds is 4. The number of nitrogens with zero attached hydrogens (tertiary/aromatic N) is 2. The topological polar surface area (TPSA) is 44.1 Å². The van der Waals surface area contributed by atoms with Crippen molar-refractivity contribution in [1.82, 2.24) is 9.78 Å². The Hall–Kier alpha value is -1.76. The Bertz CT molecular complexity index is 658. The summed E-state index contributed by atoms with van der Waals surface area (Å²) in [6.45, 7) is 1.69. The molecule has 0 amide bonds. The molecule has 0 spiro atoms. The number of carbonyl (C=O) groups excluding carboxylic acids is 1. The number of ether oxygens (including phenoxy) is 1. The fourth-order valence-corrected chi connectivity index (χ4v) is 2.37. The molecule has 0 saturated heterocycles. The molecule has 1 aromatic carbocycles. The van der Waals surface area contributed by atoms with Crippen molar-refractivity contribution in [2.75, 3.05) is 7.11 Å². The molecule has 4 nitrogen and oxygen atoms in total. The number of halogens is 3. The quantitative estimate of drug-likeness (QED) is 0.779. The highest BCUT2D eigenvalue weighted by Gasteiger charge is 2.18. The van der Waals surface area contributed by atoms with Crippen molar-refractivity contribution in [3.8, 4) is 5.69 Å². The van der Waals surface area contributed by atoms with E-state index in [9.17, 15) is 13.6 Å². The van der Waals surface area contributed by atoms with Gasteiger partial charge in [-0.25, -0.2) is 13.5 Å². The van der Waals surface area contributed by atoms with E-state index in [2.05, 4.69) is 25.8 Å². The molecule has 0 aliphatic rings. The Balaban J connectivity index is 2.35. The first-order valence-electron chi connectivity index (χ1n) is 6.13. The number of alkyl halides is 2. The standard InChI is InChI=1S/C14H13BrF2N2O2/c1-8(14(20)21-2)10-6-18-19(7-10)12-4-9(13(16)17)3-11(15)5-12/h3-8,13H,1-2H3. The maximum atomic E-state index is 12.8. The summed E-state index contributed by atoms with van der Waals surface area (Å²) in [7, 11) is 1.31. The second kappa shape index (κ2) is 6.34. The zero-order valence-corrected chi connectivity index (χ0v) is 13.0. The van der Waals surface area contributed by atoms with Crippen LogP contribution >= 0.6 is 15.9 Å². The summed E-state index contributed by atoms with van der Waals surface area (Å²) < 4.78 is 32.3. The molecule has 1 unspecified atom stereocenters. The van der Waals surface area contributed by atoms with Crippen LogP contribution < -0.4 is 0 Å². The van der Waals surface area contributed by atoms with Crippen molar-refractivity contribution in [2.24, 2.45) is 0 Å². The summed E-state index contributed by atoms with van der Waals surface area (Å²) in [6.07, 6.45) is 0.577. The van der Waals surface area contributed by atoms with E-state index in [0.29, 0.717) is 15.7 Å². The van der Waals surface area contributed by atoms with Gasteiger partial charge in [-0.1, -0.05) is 15.9 Å². The minimum Gasteiger partial charge on any atom is -0.469 e. The third-order valence-corrected chi connectivity index (χ3v) is 3.54. The average molecular weight is 359 g/mol. The van der Waals surface area contributed by atoms with E-state index in [0.717, 1.165) is 0 Å². The van der Waals surface area contributed by atoms with Crippen molar-refractivity contribution in [2.45, 2.75) is 19.3 Å². The maximum absolute atomic E-state index is 12.8. The van der Waals surface area contributed by atoms with Gasteiger partial charge in [-0.2, -0.15) is 5.10 Å². The van der Waals surface area contributed by atoms with Gasteiger partial charge in [0.05, 0.1) is 24.9 Å². The van der Waals surface area contributed by atoms with Gasteiger partial charge in [0.15, 0.2) is 0 Å². The highest BCUT2D eigenvalue weighted by atomic mass is 79.9. The van der Waals surface area contributed by atoms with Crippen LogP contribution in [0.25, 0.3) is 5.69 Å². The van der Waals surface area contributed by atoms with Gasteiger partial charge in [0.1, 0.15) is 0 Å². The zero-order chi connectivity index (χ0) is 15.6. The Kier molecular flexibility index (Phi) is 4.72. The maximum Gasteiger partial charge on any atom is 0.312 e. The lowest BCUT2D eigenvalue weighted by molar-refractivity contribution is -0.141. The highest BCUT2D eigenvalue weighted by Crippen LogP contribution is 2.26. The summed E-state index contributed by atoms with van der Waals surface area (Å²) in [5.74, 6) is -0.845. The van der Waals surface area contributed by atoms with Gasteiger partial charge in [0, 0.05) is 21.8 Å². The summed E-state index contributed by atoms with van der Waals surface area (Å²) in [4.78, 5) is 11.5. The largest absolute Gasteiger partial charge is 0.469 e. The van der Waals surface area contributed by atoms with Gasteiger partial charge in [-0.3, -0.25) is 4.79 Å². The Morgan fingerprint density at radius 1 is 1.33 bits per heavy atom.